The molecule has 1 N–H and O–H groups in total. The summed E-state index contributed by atoms with van der Waals surface area (Å²) in [6.07, 6.45) is 0. The molecule has 6 nitrogen and oxygen atoms in total. The van der Waals surface area contributed by atoms with Crippen LogP contribution in [-0.2, 0) is 21.4 Å². The summed E-state index contributed by atoms with van der Waals surface area (Å²) in [5, 5.41) is 5.05. The second-order valence-corrected chi connectivity index (χ2v) is 9.84. The number of fused-ring (bicyclic) bond motifs is 1. The quantitative estimate of drug-likeness (QED) is 0.403. The van der Waals surface area contributed by atoms with E-state index in [4.69, 9.17) is 4.74 Å². The molecule has 0 atom stereocenters. The van der Waals surface area contributed by atoms with E-state index in [1.54, 1.807) is 24.3 Å². The third-order valence-electron chi connectivity index (χ3n) is 5.56. The van der Waals surface area contributed by atoms with Crippen LogP contribution in [0.2, 0.25) is 0 Å². The summed E-state index contributed by atoms with van der Waals surface area (Å²) in [6, 6.07) is 27.1. The number of carbonyl (C=O) groups is 1. The molecule has 4 aromatic carbocycles. The molecule has 0 heterocycles. The van der Waals surface area contributed by atoms with Crippen molar-refractivity contribution in [3.8, 4) is 5.75 Å². The Morgan fingerprint density at radius 2 is 1.56 bits per heavy atom. The molecule has 174 valence electrons. The van der Waals surface area contributed by atoms with E-state index in [0.717, 1.165) is 26.2 Å². The summed E-state index contributed by atoms with van der Waals surface area (Å²) in [5.74, 6) is 0.153. The van der Waals surface area contributed by atoms with Crippen LogP contribution >= 0.6 is 0 Å². The number of hydrogen-bond donors (Lipinski definition) is 1. The molecule has 0 unspecified atom stereocenters. The standard InChI is InChI=1S/C27H26N2O4S/c1-20-7-11-24(12-8-20)29(34(31,32)26-15-13-25(33-2)14-16-26)19-27(30)28-18-21-9-10-22-5-3-4-6-23(22)17-21/h3-17H,18-19H2,1-2H3,(H,28,30). The number of sulfonamides is 1. The van der Waals surface area contributed by atoms with Crippen molar-refractivity contribution >= 4 is 32.4 Å². The van der Waals surface area contributed by atoms with E-state index in [1.165, 1.54) is 19.2 Å². The van der Waals surface area contributed by atoms with Crippen molar-refractivity contribution in [2.24, 2.45) is 0 Å². The van der Waals surface area contributed by atoms with Gasteiger partial charge in [-0.05, 0) is 65.7 Å². The minimum absolute atomic E-state index is 0.0798. The molecule has 0 fully saturated rings. The number of hydrogen-bond acceptors (Lipinski definition) is 4. The summed E-state index contributed by atoms with van der Waals surface area (Å²) >= 11 is 0. The van der Waals surface area contributed by atoms with E-state index in [0.29, 0.717) is 18.0 Å². The summed E-state index contributed by atoms with van der Waals surface area (Å²) < 4.78 is 33.2. The number of nitrogens with zero attached hydrogens (tertiary/aromatic N) is 1. The molecule has 0 radical (unpaired) electrons. The lowest BCUT2D eigenvalue weighted by Crippen LogP contribution is -2.40. The molecule has 0 aliphatic heterocycles. The Bertz CT molecular complexity index is 1400. The fourth-order valence-electron chi connectivity index (χ4n) is 3.64. The zero-order chi connectivity index (χ0) is 24.1. The number of aryl methyl sites for hydroxylation is 1. The number of amides is 1. The number of nitrogens with one attached hydrogen (secondary N) is 1. The van der Waals surface area contributed by atoms with Gasteiger partial charge < -0.3 is 10.1 Å². The molecule has 0 saturated carbocycles. The molecule has 4 aromatic rings. The van der Waals surface area contributed by atoms with Crippen LogP contribution in [0.4, 0.5) is 5.69 Å². The Kier molecular flexibility index (Phi) is 6.84. The first-order valence-corrected chi connectivity index (χ1v) is 12.3. The second kappa shape index (κ2) is 9.97. The first-order chi connectivity index (χ1) is 16.4. The predicted molar refractivity (Wildman–Crippen MR) is 134 cm³/mol. The monoisotopic (exact) mass is 474 g/mol. The van der Waals surface area contributed by atoms with E-state index >= 15 is 0 Å². The highest BCUT2D eigenvalue weighted by Gasteiger charge is 2.27. The van der Waals surface area contributed by atoms with Crippen molar-refractivity contribution in [2.75, 3.05) is 18.0 Å². The molecular weight excluding hydrogens is 448 g/mol. The van der Waals surface area contributed by atoms with Gasteiger partial charge in [-0.3, -0.25) is 9.10 Å². The van der Waals surface area contributed by atoms with Gasteiger partial charge in [0.25, 0.3) is 10.0 Å². The van der Waals surface area contributed by atoms with E-state index in [9.17, 15) is 13.2 Å². The zero-order valence-corrected chi connectivity index (χ0v) is 19.9. The molecule has 34 heavy (non-hydrogen) atoms. The van der Waals surface area contributed by atoms with Crippen molar-refractivity contribution < 1.29 is 17.9 Å². The SMILES string of the molecule is COc1ccc(S(=O)(=O)N(CC(=O)NCc2ccc3ccccc3c2)c2ccc(C)cc2)cc1. The molecule has 0 aliphatic rings. The maximum Gasteiger partial charge on any atom is 0.264 e. The molecule has 0 spiro atoms. The lowest BCUT2D eigenvalue weighted by molar-refractivity contribution is -0.119. The molecule has 7 heteroatoms. The number of benzene rings is 4. The summed E-state index contributed by atoms with van der Waals surface area (Å²) in [4.78, 5) is 13.0. The maximum absolute atomic E-state index is 13.5. The third-order valence-corrected chi connectivity index (χ3v) is 7.35. The number of rotatable bonds is 8. The summed E-state index contributed by atoms with van der Waals surface area (Å²) in [7, 11) is -2.47. The highest BCUT2D eigenvalue weighted by atomic mass is 32.2. The zero-order valence-electron chi connectivity index (χ0n) is 19.1. The number of carbonyl (C=O) groups excluding carboxylic acids is 1. The van der Waals surface area contributed by atoms with Crippen LogP contribution in [0, 0.1) is 6.92 Å². The lowest BCUT2D eigenvalue weighted by Gasteiger charge is -2.24. The van der Waals surface area contributed by atoms with Crippen molar-refractivity contribution in [1.82, 2.24) is 5.32 Å². The summed E-state index contributed by atoms with van der Waals surface area (Å²) in [5.41, 5.74) is 2.35. The van der Waals surface area contributed by atoms with Crippen molar-refractivity contribution in [3.63, 3.8) is 0 Å². The highest BCUT2D eigenvalue weighted by Crippen LogP contribution is 2.25. The largest absolute Gasteiger partial charge is 0.497 e. The van der Waals surface area contributed by atoms with Crippen molar-refractivity contribution in [3.05, 3.63) is 102 Å². The Morgan fingerprint density at radius 1 is 0.882 bits per heavy atom. The van der Waals surface area contributed by atoms with Gasteiger partial charge in [0.15, 0.2) is 0 Å². The van der Waals surface area contributed by atoms with E-state index in [1.807, 2.05) is 61.5 Å². The Hall–Kier alpha value is -3.84. The molecular formula is C27H26N2O4S. The summed E-state index contributed by atoms with van der Waals surface area (Å²) in [6.45, 7) is 1.88. The van der Waals surface area contributed by atoms with Gasteiger partial charge in [-0.2, -0.15) is 0 Å². The van der Waals surface area contributed by atoms with Gasteiger partial charge in [0.2, 0.25) is 5.91 Å². The molecule has 4 rings (SSSR count). The lowest BCUT2D eigenvalue weighted by atomic mass is 10.1. The molecule has 1 amide bonds. The minimum Gasteiger partial charge on any atom is -0.497 e. The smallest absolute Gasteiger partial charge is 0.264 e. The Balaban J connectivity index is 1.55. The topological polar surface area (TPSA) is 75.7 Å². The third kappa shape index (κ3) is 5.21. The first kappa shape index (κ1) is 23.3. The van der Waals surface area contributed by atoms with Crippen LogP contribution in [0.5, 0.6) is 5.75 Å². The van der Waals surface area contributed by atoms with Crippen LogP contribution < -0.4 is 14.4 Å². The van der Waals surface area contributed by atoms with Gasteiger partial charge in [0.05, 0.1) is 17.7 Å². The molecule has 0 aromatic heterocycles. The van der Waals surface area contributed by atoms with Gasteiger partial charge in [0.1, 0.15) is 12.3 Å². The first-order valence-electron chi connectivity index (χ1n) is 10.8. The number of ether oxygens (including phenoxy) is 1. The minimum atomic E-state index is -3.98. The number of anilines is 1. The van der Waals surface area contributed by atoms with Gasteiger partial charge >= 0.3 is 0 Å². The maximum atomic E-state index is 13.5. The van der Waals surface area contributed by atoms with Gasteiger partial charge in [-0.15, -0.1) is 0 Å². The number of methoxy groups -OCH3 is 1. The van der Waals surface area contributed by atoms with Crippen LogP contribution in [-0.4, -0.2) is 28.0 Å². The Morgan fingerprint density at radius 3 is 2.24 bits per heavy atom. The van der Waals surface area contributed by atoms with Crippen molar-refractivity contribution in [1.29, 1.82) is 0 Å². The van der Waals surface area contributed by atoms with Gasteiger partial charge in [0, 0.05) is 6.54 Å². The predicted octanol–water partition coefficient (Wildman–Crippen LogP) is 4.67. The van der Waals surface area contributed by atoms with E-state index in [2.05, 4.69) is 5.32 Å². The second-order valence-electron chi connectivity index (χ2n) is 7.98. The van der Waals surface area contributed by atoms with Crippen LogP contribution in [0.25, 0.3) is 10.8 Å². The van der Waals surface area contributed by atoms with Crippen LogP contribution in [0.1, 0.15) is 11.1 Å². The average Bonchev–Trinajstić information content (AvgIpc) is 2.86. The van der Waals surface area contributed by atoms with Crippen LogP contribution in [0.15, 0.2) is 95.9 Å². The molecule has 0 aliphatic carbocycles. The highest BCUT2D eigenvalue weighted by molar-refractivity contribution is 7.92. The normalized spacial score (nSPS) is 11.2. The van der Waals surface area contributed by atoms with Gasteiger partial charge in [-0.25, -0.2) is 8.42 Å². The van der Waals surface area contributed by atoms with E-state index < -0.39 is 15.9 Å². The fourth-order valence-corrected chi connectivity index (χ4v) is 5.06. The molecule has 0 saturated heterocycles. The fraction of sp³-hybridized carbons (Fsp3) is 0.148. The average molecular weight is 475 g/mol. The van der Waals surface area contributed by atoms with E-state index in [-0.39, 0.29) is 11.4 Å². The van der Waals surface area contributed by atoms with Crippen molar-refractivity contribution in [2.45, 2.75) is 18.4 Å². The van der Waals surface area contributed by atoms with Gasteiger partial charge in [-0.1, -0.05) is 54.1 Å². The Labute approximate surface area is 199 Å². The van der Waals surface area contributed by atoms with Crippen LogP contribution in [0.3, 0.4) is 0 Å². The molecule has 0 bridgehead atoms.